The van der Waals surface area contributed by atoms with Crippen LogP contribution in [0.15, 0.2) is 30.5 Å². The standard InChI is InChI=1S/C14H16N4O/c1-9-8-16-18-13(9)17-14(19)11-6-7-15-12-5-3-2-4-10(11)12/h2-5,8,11,15H,6-7H2,1H3,(H2,16,17,18,19). The van der Waals surface area contributed by atoms with Crippen molar-refractivity contribution in [2.75, 3.05) is 17.2 Å². The molecule has 1 aromatic heterocycles. The van der Waals surface area contributed by atoms with E-state index in [1.54, 1.807) is 6.20 Å². The molecule has 19 heavy (non-hydrogen) atoms. The summed E-state index contributed by atoms with van der Waals surface area (Å²) in [6.07, 6.45) is 2.50. The summed E-state index contributed by atoms with van der Waals surface area (Å²) in [5.74, 6) is 0.586. The number of aromatic amines is 1. The van der Waals surface area contributed by atoms with Crippen molar-refractivity contribution < 1.29 is 4.79 Å². The molecule has 5 heteroatoms. The van der Waals surface area contributed by atoms with Gasteiger partial charge in [-0.1, -0.05) is 18.2 Å². The number of rotatable bonds is 2. The zero-order chi connectivity index (χ0) is 13.2. The number of carbonyl (C=O) groups excluding carboxylic acids is 1. The first kappa shape index (κ1) is 11.8. The SMILES string of the molecule is Cc1cn[nH]c1NC(=O)C1CCNc2ccccc21. The van der Waals surface area contributed by atoms with E-state index in [2.05, 4.69) is 20.8 Å². The van der Waals surface area contributed by atoms with Crippen molar-refractivity contribution in [2.45, 2.75) is 19.3 Å². The lowest BCUT2D eigenvalue weighted by atomic mass is 9.90. The van der Waals surface area contributed by atoms with Crippen molar-refractivity contribution >= 4 is 17.4 Å². The molecule has 0 saturated carbocycles. The van der Waals surface area contributed by atoms with E-state index in [0.29, 0.717) is 5.82 Å². The Morgan fingerprint density at radius 1 is 1.42 bits per heavy atom. The van der Waals surface area contributed by atoms with Gasteiger partial charge in [0.25, 0.3) is 0 Å². The number of para-hydroxylation sites is 1. The van der Waals surface area contributed by atoms with Crippen molar-refractivity contribution in [2.24, 2.45) is 0 Å². The molecule has 98 valence electrons. The first-order valence-electron chi connectivity index (χ1n) is 6.39. The third-order valence-electron chi connectivity index (χ3n) is 3.48. The Morgan fingerprint density at radius 2 is 2.26 bits per heavy atom. The van der Waals surface area contributed by atoms with E-state index in [4.69, 9.17) is 0 Å². The Kier molecular flexibility index (Phi) is 2.95. The van der Waals surface area contributed by atoms with E-state index in [1.807, 2.05) is 31.2 Å². The van der Waals surface area contributed by atoms with Gasteiger partial charge in [-0.25, -0.2) is 0 Å². The number of anilines is 2. The summed E-state index contributed by atoms with van der Waals surface area (Å²) in [4.78, 5) is 12.4. The minimum absolute atomic E-state index is 0.0151. The molecular weight excluding hydrogens is 240 g/mol. The number of benzene rings is 1. The summed E-state index contributed by atoms with van der Waals surface area (Å²) in [5, 5.41) is 12.9. The van der Waals surface area contributed by atoms with Gasteiger partial charge in [0.2, 0.25) is 5.91 Å². The molecule has 5 nitrogen and oxygen atoms in total. The highest BCUT2D eigenvalue weighted by molar-refractivity contribution is 5.96. The van der Waals surface area contributed by atoms with Gasteiger partial charge in [-0.05, 0) is 25.0 Å². The molecule has 1 aromatic carbocycles. The van der Waals surface area contributed by atoms with Gasteiger partial charge in [-0.3, -0.25) is 9.89 Å². The van der Waals surface area contributed by atoms with E-state index in [9.17, 15) is 4.79 Å². The minimum atomic E-state index is -0.111. The largest absolute Gasteiger partial charge is 0.385 e. The Hall–Kier alpha value is -2.30. The van der Waals surface area contributed by atoms with Crippen LogP contribution in [0.25, 0.3) is 0 Å². The number of H-pyrrole nitrogens is 1. The van der Waals surface area contributed by atoms with Crippen LogP contribution in [0.5, 0.6) is 0 Å². The summed E-state index contributed by atoms with van der Waals surface area (Å²) < 4.78 is 0. The van der Waals surface area contributed by atoms with Crippen LogP contribution in [-0.4, -0.2) is 22.6 Å². The van der Waals surface area contributed by atoms with Crippen molar-refractivity contribution in [3.8, 4) is 0 Å². The predicted octanol–water partition coefficient (Wildman–Crippen LogP) is 2.26. The van der Waals surface area contributed by atoms with Crippen molar-refractivity contribution in [3.05, 3.63) is 41.6 Å². The molecule has 0 bridgehead atoms. The molecular formula is C14H16N4O. The highest BCUT2D eigenvalue weighted by Crippen LogP contribution is 2.32. The lowest BCUT2D eigenvalue weighted by Crippen LogP contribution is -2.27. The molecule has 2 heterocycles. The predicted molar refractivity (Wildman–Crippen MR) is 74.2 cm³/mol. The number of hydrogen-bond acceptors (Lipinski definition) is 3. The summed E-state index contributed by atoms with van der Waals surface area (Å²) >= 11 is 0. The van der Waals surface area contributed by atoms with Crippen LogP contribution in [0.3, 0.4) is 0 Å². The number of aromatic nitrogens is 2. The Bertz CT molecular complexity index is 605. The smallest absolute Gasteiger partial charge is 0.233 e. The van der Waals surface area contributed by atoms with E-state index < -0.39 is 0 Å². The molecule has 0 saturated heterocycles. The molecule has 0 aliphatic carbocycles. The van der Waals surface area contributed by atoms with Crippen LogP contribution < -0.4 is 10.6 Å². The molecule has 1 atom stereocenters. The number of fused-ring (bicyclic) bond motifs is 1. The van der Waals surface area contributed by atoms with Gasteiger partial charge in [0, 0.05) is 17.8 Å². The third kappa shape index (κ3) is 2.19. The fourth-order valence-electron chi connectivity index (χ4n) is 2.42. The molecule has 1 aliphatic heterocycles. The number of nitrogens with one attached hydrogen (secondary N) is 3. The topological polar surface area (TPSA) is 69.8 Å². The molecule has 3 rings (SSSR count). The summed E-state index contributed by atoms with van der Waals surface area (Å²) in [6.45, 7) is 2.73. The molecule has 0 spiro atoms. The highest BCUT2D eigenvalue weighted by Gasteiger charge is 2.26. The lowest BCUT2D eigenvalue weighted by molar-refractivity contribution is -0.117. The number of nitrogens with zero attached hydrogens (tertiary/aromatic N) is 1. The minimum Gasteiger partial charge on any atom is -0.385 e. The Morgan fingerprint density at radius 3 is 3.05 bits per heavy atom. The lowest BCUT2D eigenvalue weighted by Gasteiger charge is -2.25. The van der Waals surface area contributed by atoms with Crippen molar-refractivity contribution in [1.29, 1.82) is 0 Å². The molecule has 2 aromatic rings. The third-order valence-corrected chi connectivity index (χ3v) is 3.48. The van der Waals surface area contributed by atoms with Gasteiger partial charge in [0.1, 0.15) is 5.82 Å². The van der Waals surface area contributed by atoms with Crippen LogP contribution >= 0.6 is 0 Å². The number of hydrogen-bond donors (Lipinski definition) is 3. The molecule has 0 radical (unpaired) electrons. The maximum Gasteiger partial charge on any atom is 0.233 e. The fraction of sp³-hybridized carbons (Fsp3) is 0.286. The first-order chi connectivity index (χ1) is 9.25. The van der Waals surface area contributed by atoms with Crippen molar-refractivity contribution in [1.82, 2.24) is 10.2 Å². The van der Waals surface area contributed by atoms with E-state index in [1.165, 1.54) is 0 Å². The maximum atomic E-state index is 12.4. The number of amides is 1. The highest BCUT2D eigenvalue weighted by atomic mass is 16.2. The van der Waals surface area contributed by atoms with E-state index >= 15 is 0 Å². The zero-order valence-electron chi connectivity index (χ0n) is 10.7. The summed E-state index contributed by atoms with van der Waals surface area (Å²) in [6, 6.07) is 7.96. The first-order valence-corrected chi connectivity index (χ1v) is 6.39. The van der Waals surface area contributed by atoms with Gasteiger partial charge < -0.3 is 10.6 Å². The fourth-order valence-corrected chi connectivity index (χ4v) is 2.42. The number of aryl methyl sites for hydroxylation is 1. The van der Waals surface area contributed by atoms with E-state index in [-0.39, 0.29) is 11.8 Å². The average Bonchev–Trinajstić information content (AvgIpc) is 2.83. The second kappa shape index (κ2) is 4.76. The normalized spacial score (nSPS) is 17.4. The average molecular weight is 256 g/mol. The van der Waals surface area contributed by atoms with Crippen LogP contribution in [0.1, 0.15) is 23.5 Å². The van der Waals surface area contributed by atoms with Gasteiger partial charge in [0.15, 0.2) is 0 Å². The number of carbonyl (C=O) groups is 1. The van der Waals surface area contributed by atoms with Crippen molar-refractivity contribution in [3.63, 3.8) is 0 Å². The quantitative estimate of drug-likeness (QED) is 0.772. The maximum absolute atomic E-state index is 12.4. The molecule has 0 fully saturated rings. The summed E-state index contributed by atoms with van der Waals surface area (Å²) in [5.41, 5.74) is 3.05. The van der Waals surface area contributed by atoms with Crippen LogP contribution in [0.4, 0.5) is 11.5 Å². The van der Waals surface area contributed by atoms with Gasteiger partial charge in [-0.2, -0.15) is 5.10 Å². The van der Waals surface area contributed by atoms with Crippen LogP contribution in [0, 0.1) is 6.92 Å². The molecule has 3 N–H and O–H groups in total. The molecule has 1 unspecified atom stereocenters. The monoisotopic (exact) mass is 256 g/mol. The van der Waals surface area contributed by atoms with E-state index in [0.717, 1.165) is 29.8 Å². The Labute approximate surface area is 111 Å². The van der Waals surface area contributed by atoms with Gasteiger partial charge in [-0.15, -0.1) is 0 Å². The van der Waals surface area contributed by atoms with Gasteiger partial charge in [0.05, 0.1) is 12.1 Å². The molecule has 1 aliphatic rings. The van der Waals surface area contributed by atoms with Gasteiger partial charge >= 0.3 is 0 Å². The molecule has 1 amide bonds. The second-order valence-corrected chi connectivity index (χ2v) is 4.77. The van der Waals surface area contributed by atoms with Crippen LogP contribution in [0.2, 0.25) is 0 Å². The second-order valence-electron chi connectivity index (χ2n) is 4.77. The Balaban J connectivity index is 1.84. The van der Waals surface area contributed by atoms with Crippen LogP contribution in [-0.2, 0) is 4.79 Å². The zero-order valence-corrected chi connectivity index (χ0v) is 10.7. The summed E-state index contributed by atoms with van der Waals surface area (Å²) in [7, 11) is 0.